The Hall–Kier alpha value is -0.650. The molecule has 2 fully saturated rings. The van der Waals surface area contributed by atoms with Gasteiger partial charge in [-0.05, 0) is 25.7 Å². The topological polar surface area (TPSA) is 64.8 Å². The van der Waals surface area contributed by atoms with Gasteiger partial charge in [-0.2, -0.15) is 0 Å². The van der Waals surface area contributed by atoms with E-state index >= 15 is 0 Å². The van der Waals surface area contributed by atoms with Gasteiger partial charge in [-0.3, -0.25) is 9.69 Å². The number of esters is 1. The minimum Gasteiger partial charge on any atom is -0.468 e. The van der Waals surface area contributed by atoms with Crippen LogP contribution in [0.2, 0.25) is 0 Å². The number of rotatable bonds is 2. The predicted octanol–water partition coefficient (Wildman–Crippen LogP) is 0.132. The van der Waals surface area contributed by atoms with Crippen molar-refractivity contribution in [2.45, 2.75) is 37.3 Å². The molecule has 1 saturated heterocycles. The highest BCUT2D eigenvalue weighted by molar-refractivity contribution is 5.80. The molecule has 0 amide bonds. The summed E-state index contributed by atoms with van der Waals surface area (Å²) in [5.74, 6) is -0.268. The standard InChI is InChI=1S/C12H22N2O3/c1-16-11(15)12(13)4-2-3-10(9-12)14-5-7-17-8-6-14/h10H,2-9,13H2,1H3. The van der Waals surface area contributed by atoms with Crippen LogP contribution in [0.1, 0.15) is 25.7 Å². The average molecular weight is 242 g/mol. The van der Waals surface area contributed by atoms with Crippen molar-refractivity contribution in [2.75, 3.05) is 33.4 Å². The van der Waals surface area contributed by atoms with Gasteiger partial charge in [0.25, 0.3) is 0 Å². The maximum absolute atomic E-state index is 11.7. The van der Waals surface area contributed by atoms with Gasteiger partial charge < -0.3 is 15.2 Å². The monoisotopic (exact) mass is 242 g/mol. The van der Waals surface area contributed by atoms with Crippen molar-refractivity contribution >= 4 is 5.97 Å². The first-order valence-corrected chi connectivity index (χ1v) is 6.35. The van der Waals surface area contributed by atoms with Crippen molar-refractivity contribution in [1.29, 1.82) is 0 Å². The van der Waals surface area contributed by atoms with Crippen LogP contribution in [0.4, 0.5) is 0 Å². The van der Waals surface area contributed by atoms with E-state index < -0.39 is 5.54 Å². The molecule has 1 saturated carbocycles. The predicted molar refractivity (Wildman–Crippen MR) is 63.6 cm³/mol. The molecule has 0 radical (unpaired) electrons. The lowest BCUT2D eigenvalue weighted by Crippen LogP contribution is -2.57. The summed E-state index contributed by atoms with van der Waals surface area (Å²) in [6.45, 7) is 3.46. The van der Waals surface area contributed by atoms with Crippen LogP contribution in [-0.4, -0.2) is 55.9 Å². The lowest BCUT2D eigenvalue weighted by Gasteiger charge is -2.42. The third kappa shape index (κ3) is 2.78. The van der Waals surface area contributed by atoms with Crippen LogP contribution in [0.3, 0.4) is 0 Å². The minimum absolute atomic E-state index is 0.268. The molecule has 1 heterocycles. The minimum atomic E-state index is -0.782. The number of carbonyl (C=O) groups is 1. The number of nitrogens with two attached hydrogens (primary N) is 1. The second-order valence-electron chi connectivity index (χ2n) is 5.05. The number of carbonyl (C=O) groups excluding carboxylic acids is 1. The summed E-state index contributed by atoms with van der Waals surface area (Å²) in [6, 6.07) is 0.400. The Kier molecular flexibility index (Phi) is 4.01. The maximum atomic E-state index is 11.7. The summed E-state index contributed by atoms with van der Waals surface area (Å²) in [7, 11) is 1.41. The Balaban J connectivity index is 1.98. The summed E-state index contributed by atoms with van der Waals surface area (Å²) in [4.78, 5) is 14.1. The van der Waals surface area contributed by atoms with Crippen molar-refractivity contribution in [3.63, 3.8) is 0 Å². The molecule has 98 valence electrons. The first-order chi connectivity index (χ1) is 8.15. The van der Waals surface area contributed by atoms with E-state index in [0.29, 0.717) is 12.5 Å². The molecule has 2 rings (SSSR count). The molecule has 1 aliphatic carbocycles. The Morgan fingerprint density at radius 2 is 2.18 bits per heavy atom. The fraction of sp³-hybridized carbons (Fsp3) is 0.917. The molecule has 17 heavy (non-hydrogen) atoms. The molecule has 0 aromatic rings. The van der Waals surface area contributed by atoms with Crippen molar-refractivity contribution in [3.05, 3.63) is 0 Å². The summed E-state index contributed by atoms with van der Waals surface area (Å²) < 4.78 is 10.2. The van der Waals surface area contributed by atoms with Crippen LogP contribution in [0.15, 0.2) is 0 Å². The first-order valence-electron chi connectivity index (χ1n) is 6.35. The molecule has 2 N–H and O–H groups in total. The number of hydrogen-bond acceptors (Lipinski definition) is 5. The largest absolute Gasteiger partial charge is 0.468 e. The third-order valence-electron chi connectivity index (χ3n) is 3.91. The van der Waals surface area contributed by atoms with Crippen LogP contribution in [0.25, 0.3) is 0 Å². The Morgan fingerprint density at radius 3 is 2.82 bits per heavy atom. The van der Waals surface area contributed by atoms with Gasteiger partial charge in [-0.15, -0.1) is 0 Å². The highest BCUT2D eigenvalue weighted by Gasteiger charge is 2.42. The number of methoxy groups -OCH3 is 1. The van der Waals surface area contributed by atoms with Gasteiger partial charge in [0.2, 0.25) is 0 Å². The van der Waals surface area contributed by atoms with E-state index in [4.69, 9.17) is 15.2 Å². The lowest BCUT2D eigenvalue weighted by molar-refractivity contribution is -0.149. The van der Waals surface area contributed by atoms with Gasteiger partial charge in [-0.25, -0.2) is 0 Å². The molecule has 0 aromatic heterocycles. The molecule has 1 aliphatic heterocycles. The van der Waals surface area contributed by atoms with E-state index in [0.717, 1.165) is 45.6 Å². The van der Waals surface area contributed by atoms with Gasteiger partial charge in [-0.1, -0.05) is 0 Å². The number of hydrogen-bond donors (Lipinski definition) is 1. The van der Waals surface area contributed by atoms with Gasteiger partial charge in [0, 0.05) is 19.1 Å². The normalized spacial score (nSPS) is 35.5. The summed E-state index contributed by atoms with van der Waals surface area (Å²) in [6.07, 6.45) is 3.56. The quantitative estimate of drug-likeness (QED) is 0.697. The number of ether oxygens (including phenoxy) is 2. The summed E-state index contributed by atoms with van der Waals surface area (Å²) in [5, 5.41) is 0. The van der Waals surface area contributed by atoms with Crippen molar-refractivity contribution in [2.24, 2.45) is 5.73 Å². The molecule has 2 aliphatic rings. The van der Waals surface area contributed by atoms with E-state index in [-0.39, 0.29) is 5.97 Å². The number of nitrogens with zero attached hydrogens (tertiary/aromatic N) is 1. The Bertz CT molecular complexity index is 279. The fourth-order valence-corrected chi connectivity index (χ4v) is 2.92. The molecule has 5 heteroatoms. The molecule has 0 spiro atoms. The number of morpholine rings is 1. The maximum Gasteiger partial charge on any atom is 0.325 e. The third-order valence-corrected chi connectivity index (χ3v) is 3.91. The fourth-order valence-electron chi connectivity index (χ4n) is 2.92. The van der Waals surface area contributed by atoms with Gasteiger partial charge >= 0.3 is 5.97 Å². The molecular formula is C12H22N2O3. The van der Waals surface area contributed by atoms with E-state index in [1.807, 2.05) is 0 Å². The SMILES string of the molecule is COC(=O)C1(N)CCCC(N2CCOCC2)C1. The smallest absolute Gasteiger partial charge is 0.325 e. The molecule has 5 nitrogen and oxygen atoms in total. The zero-order valence-corrected chi connectivity index (χ0v) is 10.5. The van der Waals surface area contributed by atoms with E-state index in [1.165, 1.54) is 7.11 Å². The van der Waals surface area contributed by atoms with Crippen LogP contribution in [-0.2, 0) is 14.3 Å². The summed E-state index contributed by atoms with van der Waals surface area (Å²) in [5.41, 5.74) is 5.40. The van der Waals surface area contributed by atoms with Crippen LogP contribution in [0.5, 0.6) is 0 Å². The second-order valence-corrected chi connectivity index (χ2v) is 5.05. The first kappa shape index (κ1) is 12.8. The average Bonchev–Trinajstić information content (AvgIpc) is 2.39. The van der Waals surface area contributed by atoms with Crippen molar-refractivity contribution < 1.29 is 14.3 Å². The molecule has 2 unspecified atom stereocenters. The zero-order valence-electron chi connectivity index (χ0n) is 10.5. The van der Waals surface area contributed by atoms with E-state index in [9.17, 15) is 4.79 Å². The van der Waals surface area contributed by atoms with Crippen molar-refractivity contribution in [3.8, 4) is 0 Å². The Labute approximate surface area is 102 Å². The van der Waals surface area contributed by atoms with E-state index in [2.05, 4.69) is 4.90 Å². The van der Waals surface area contributed by atoms with Gasteiger partial charge in [0.05, 0.1) is 20.3 Å². The lowest BCUT2D eigenvalue weighted by atomic mass is 9.79. The molecule has 2 atom stereocenters. The van der Waals surface area contributed by atoms with Crippen LogP contribution >= 0.6 is 0 Å². The van der Waals surface area contributed by atoms with Crippen molar-refractivity contribution in [1.82, 2.24) is 4.90 Å². The van der Waals surface area contributed by atoms with Crippen LogP contribution in [0, 0.1) is 0 Å². The molecule has 0 bridgehead atoms. The van der Waals surface area contributed by atoms with E-state index in [1.54, 1.807) is 0 Å². The van der Waals surface area contributed by atoms with Gasteiger partial charge in [0.1, 0.15) is 5.54 Å². The molecule has 0 aromatic carbocycles. The molecular weight excluding hydrogens is 220 g/mol. The van der Waals surface area contributed by atoms with Crippen LogP contribution < -0.4 is 5.73 Å². The second kappa shape index (κ2) is 5.33. The summed E-state index contributed by atoms with van der Waals surface area (Å²) >= 11 is 0. The zero-order chi connectivity index (χ0) is 12.3. The van der Waals surface area contributed by atoms with Gasteiger partial charge in [0.15, 0.2) is 0 Å². The highest BCUT2D eigenvalue weighted by atomic mass is 16.5. The highest BCUT2D eigenvalue weighted by Crippen LogP contribution is 2.30. The Morgan fingerprint density at radius 1 is 1.47 bits per heavy atom.